The van der Waals surface area contributed by atoms with Gasteiger partial charge in [-0.05, 0) is 40.7 Å². The summed E-state index contributed by atoms with van der Waals surface area (Å²) >= 11 is 7.75. The van der Waals surface area contributed by atoms with Crippen LogP contribution in [0.25, 0.3) is 0 Å². The predicted molar refractivity (Wildman–Crippen MR) is 52.5 cm³/mol. The minimum Gasteiger partial charge on any atom is -0.330 e. The Morgan fingerprint density at radius 2 is 2.36 bits per heavy atom. The van der Waals surface area contributed by atoms with Crippen molar-refractivity contribution in [2.75, 3.05) is 6.54 Å². The highest BCUT2D eigenvalue weighted by atomic mass is 127. The van der Waals surface area contributed by atoms with Crippen molar-refractivity contribution in [1.82, 2.24) is 9.97 Å². The Labute approximate surface area is 83.5 Å². The fourth-order valence-electron chi connectivity index (χ4n) is 0.690. The number of halogens is 2. The second-order valence-electron chi connectivity index (χ2n) is 1.97. The van der Waals surface area contributed by atoms with Crippen LogP contribution in [0.4, 0.5) is 0 Å². The minimum absolute atomic E-state index is 0.286. The molecule has 0 unspecified atom stereocenters. The topological polar surface area (TPSA) is 51.8 Å². The molecule has 0 aliphatic carbocycles. The van der Waals surface area contributed by atoms with Gasteiger partial charge in [-0.25, -0.2) is 9.97 Å². The molecule has 1 rings (SSSR count). The molecule has 5 heteroatoms. The lowest BCUT2D eigenvalue weighted by atomic mass is 10.3. The summed E-state index contributed by atoms with van der Waals surface area (Å²) < 4.78 is 1.01. The van der Waals surface area contributed by atoms with Crippen molar-refractivity contribution >= 4 is 34.2 Å². The van der Waals surface area contributed by atoms with E-state index >= 15 is 0 Å². The fraction of sp³-hybridized carbons (Fsp3) is 0.333. The van der Waals surface area contributed by atoms with Crippen molar-refractivity contribution in [3.63, 3.8) is 0 Å². The summed E-state index contributed by atoms with van der Waals surface area (Å²) in [7, 11) is 0. The van der Waals surface area contributed by atoms with Gasteiger partial charge in [0, 0.05) is 12.6 Å². The number of hydrogen-bond acceptors (Lipinski definition) is 3. The molecule has 0 saturated carbocycles. The van der Waals surface area contributed by atoms with Crippen LogP contribution >= 0.6 is 34.2 Å². The van der Waals surface area contributed by atoms with Gasteiger partial charge in [-0.2, -0.15) is 0 Å². The molecule has 2 N–H and O–H groups in total. The molecule has 0 amide bonds. The molecule has 0 bridgehead atoms. The van der Waals surface area contributed by atoms with Crippen LogP contribution in [0.1, 0.15) is 5.69 Å². The van der Waals surface area contributed by atoms with Gasteiger partial charge in [-0.15, -0.1) is 0 Å². The summed E-state index contributed by atoms with van der Waals surface area (Å²) in [4.78, 5) is 7.86. The van der Waals surface area contributed by atoms with Crippen molar-refractivity contribution in [3.8, 4) is 0 Å². The van der Waals surface area contributed by atoms with Gasteiger partial charge >= 0.3 is 0 Å². The van der Waals surface area contributed by atoms with Crippen LogP contribution in [0.5, 0.6) is 0 Å². The number of hydrogen-bond donors (Lipinski definition) is 1. The van der Waals surface area contributed by atoms with Gasteiger partial charge in [0.05, 0.1) is 9.26 Å². The van der Waals surface area contributed by atoms with Crippen LogP contribution in [0, 0.1) is 3.57 Å². The second kappa shape index (κ2) is 4.18. The summed E-state index contributed by atoms with van der Waals surface area (Å²) in [5, 5.41) is 0.286. The van der Waals surface area contributed by atoms with E-state index in [9.17, 15) is 0 Å². The van der Waals surface area contributed by atoms with Gasteiger partial charge in [-0.1, -0.05) is 0 Å². The Morgan fingerprint density at radius 3 is 3.00 bits per heavy atom. The zero-order valence-electron chi connectivity index (χ0n) is 5.72. The molecule has 0 spiro atoms. The zero-order chi connectivity index (χ0) is 8.27. The van der Waals surface area contributed by atoms with Gasteiger partial charge in [0.1, 0.15) is 0 Å². The normalized spacial score (nSPS) is 10.1. The van der Waals surface area contributed by atoms with Crippen LogP contribution in [-0.2, 0) is 6.42 Å². The standard InChI is InChI=1S/C6H7ClIN3/c7-6-10-3-4(8)5(11-6)1-2-9/h3H,1-2,9H2. The quantitative estimate of drug-likeness (QED) is 0.656. The first-order valence-corrected chi connectivity index (χ1v) is 4.56. The SMILES string of the molecule is NCCc1nc(Cl)ncc1I. The number of aromatic nitrogens is 2. The third-order valence-electron chi connectivity index (χ3n) is 1.17. The monoisotopic (exact) mass is 283 g/mol. The molecule has 11 heavy (non-hydrogen) atoms. The molecule has 0 aliphatic heterocycles. The van der Waals surface area contributed by atoms with Crippen LogP contribution < -0.4 is 5.73 Å². The summed E-state index contributed by atoms with van der Waals surface area (Å²) in [6, 6.07) is 0. The Kier molecular flexibility index (Phi) is 3.47. The van der Waals surface area contributed by atoms with Crippen molar-refractivity contribution < 1.29 is 0 Å². The van der Waals surface area contributed by atoms with Crippen molar-refractivity contribution in [1.29, 1.82) is 0 Å². The lowest BCUT2D eigenvalue weighted by Crippen LogP contribution is -2.06. The van der Waals surface area contributed by atoms with Gasteiger partial charge in [0.2, 0.25) is 5.28 Å². The molecule has 1 aromatic rings. The first kappa shape index (κ1) is 9.15. The first-order chi connectivity index (χ1) is 5.24. The first-order valence-electron chi connectivity index (χ1n) is 3.11. The third kappa shape index (κ3) is 2.53. The molecule has 60 valence electrons. The molecular weight excluding hydrogens is 276 g/mol. The molecule has 0 fully saturated rings. The van der Waals surface area contributed by atoms with Crippen molar-refractivity contribution in [2.24, 2.45) is 5.73 Å². The molecule has 1 aromatic heterocycles. The minimum atomic E-state index is 0.286. The lowest BCUT2D eigenvalue weighted by Gasteiger charge is -1.99. The summed E-state index contributed by atoms with van der Waals surface area (Å²) in [6.45, 7) is 0.587. The molecule has 0 aromatic carbocycles. The summed E-state index contributed by atoms with van der Waals surface area (Å²) in [5.74, 6) is 0. The van der Waals surface area contributed by atoms with Crippen LogP contribution in [-0.4, -0.2) is 16.5 Å². The number of nitrogens with zero attached hydrogens (tertiary/aromatic N) is 2. The fourth-order valence-corrected chi connectivity index (χ4v) is 1.37. The highest BCUT2D eigenvalue weighted by Crippen LogP contribution is 2.10. The Balaban J connectivity index is 2.93. The van der Waals surface area contributed by atoms with Gasteiger partial charge in [0.15, 0.2) is 0 Å². The number of nitrogens with two attached hydrogens (primary N) is 1. The Bertz CT molecular complexity index is 254. The van der Waals surface area contributed by atoms with Gasteiger partial charge in [-0.3, -0.25) is 0 Å². The summed E-state index contributed by atoms with van der Waals surface area (Å²) in [6.07, 6.45) is 2.45. The van der Waals surface area contributed by atoms with Gasteiger partial charge in [0.25, 0.3) is 0 Å². The molecule has 0 aliphatic rings. The van der Waals surface area contributed by atoms with E-state index in [1.54, 1.807) is 6.20 Å². The van der Waals surface area contributed by atoms with E-state index in [2.05, 4.69) is 32.6 Å². The van der Waals surface area contributed by atoms with E-state index in [0.717, 1.165) is 15.7 Å². The predicted octanol–water partition coefficient (Wildman–Crippen LogP) is 1.24. The van der Waals surface area contributed by atoms with E-state index in [1.165, 1.54) is 0 Å². The van der Waals surface area contributed by atoms with E-state index in [1.807, 2.05) is 0 Å². The maximum absolute atomic E-state index is 5.59. The molecule has 3 nitrogen and oxygen atoms in total. The van der Waals surface area contributed by atoms with E-state index in [-0.39, 0.29) is 5.28 Å². The van der Waals surface area contributed by atoms with E-state index in [4.69, 9.17) is 17.3 Å². The van der Waals surface area contributed by atoms with Crippen LogP contribution in [0.15, 0.2) is 6.20 Å². The Hall–Kier alpha value is 0.0600. The van der Waals surface area contributed by atoms with E-state index in [0.29, 0.717) is 6.54 Å². The average molecular weight is 284 g/mol. The molecule has 0 saturated heterocycles. The number of rotatable bonds is 2. The molecular formula is C6H7ClIN3. The summed E-state index contributed by atoms with van der Waals surface area (Å²) in [5.41, 5.74) is 6.30. The lowest BCUT2D eigenvalue weighted by molar-refractivity contribution is 0.900. The molecule has 1 heterocycles. The van der Waals surface area contributed by atoms with Crippen molar-refractivity contribution in [3.05, 3.63) is 20.7 Å². The Morgan fingerprint density at radius 1 is 1.64 bits per heavy atom. The molecule has 0 radical (unpaired) electrons. The highest BCUT2D eigenvalue weighted by molar-refractivity contribution is 14.1. The van der Waals surface area contributed by atoms with Gasteiger partial charge < -0.3 is 5.73 Å². The van der Waals surface area contributed by atoms with Crippen molar-refractivity contribution in [2.45, 2.75) is 6.42 Å². The van der Waals surface area contributed by atoms with Crippen LogP contribution in [0.2, 0.25) is 5.28 Å². The largest absolute Gasteiger partial charge is 0.330 e. The third-order valence-corrected chi connectivity index (χ3v) is 2.25. The average Bonchev–Trinajstić information content (AvgIpc) is 1.98. The maximum Gasteiger partial charge on any atom is 0.222 e. The van der Waals surface area contributed by atoms with Crippen LogP contribution in [0.3, 0.4) is 0 Å². The second-order valence-corrected chi connectivity index (χ2v) is 3.47. The zero-order valence-corrected chi connectivity index (χ0v) is 8.63. The smallest absolute Gasteiger partial charge is 0.222 e. The highest BCUT2D eigenvalue weighted by Gasteiger charge is 2.01. The maximum atomic E-state index is 5.59. The molecule has 0 atom stereocenters. The van der Waals surface area contributed by atoms with E-state index < -0.39 is 0 Å².